The zero-order chi connectivity index (χ0) is 24.9. The number of hydrogen-bond acceptors (Lipinski definition) is 9. The number of rotatable bonds is 2. The van der Waals surface area contributed by atoms with Gasteiger partial charge in [-0.15, -0.1) is 0 Å². The predicted molar refractivity (Wildman–Crippen MR) is 126 cm³/mol. The van der Waals surface area contributed by atoms with Crippen LogP contribution in [0.3, 0.4) is 0 Å². The van der Waals surface area contributed by atoms with Gasteiger partial charge in [0.2, 0.25) is 11.4 Å². The van der Waals surface area contributed by atoms with E-state index in [9.17, 15) is 15.3 Å². The molecule has 2 bridgehead atoms. The summed E-state index contributed by atoms with van der Waals surface area (Å²) < 4.78 is 30.8. The van der Waals surface area contributed by atoms with Crippen molar-refractivity contribution in [1.29, 1.82) is 0 Å². The molecule has 4 saturated heterocycles. The van der Waals surface area contributed by atoms with E-state index in [1.807, 2.05) is 19.9 Å². The Labute approximate surface area is 208 Å². The van der Waals surface area contributed by atoms with Gasteiger partial charge in [-0.3, -0.25) is 0 Å². The summed E-state index contributed by atoms with van der Waals surface area (Å²) in [5.74, 6) is -2.13. The van der Waals surface area contributed by atoms with Crippen LogP contribution in [0, 0.1) is 12.8 Å². The topological polar surface area (TPSA) is 122 Å². The Morgan fingerprint density at radius 2 is 1.97 bits per heavy atom. The normalized spacial score (nSPS) is 43.9. The van der Waals surface area contributed by atoms with Crippen molar-refractivity contribution in [3.8, 4) is 17.2 Å². The second kappa shape index (κ2) is 6.46. The highest BCUT2D eigenvalue weighted by atomic mass is 16.9. The third-order valence-corrected chi connectivity index (χ3v) is 10.0. The van der Waals surface area contributed by atoms with E-state index in [-0.39, 0.29) is 30.1 Å². The molecule has 8 rings (SSSR count). The maximum absolute atomic E-state index is 12.0. The third kappa shape index (κ3) is 2.11. The molecule has 9 atom stereocenters. The molecule has 0 radical (unpaired) electrons. The summed E-state index contributed by atoms with van der Waals surface area (Å²) in [7, 11) is 1.57. The minimum Gasteiger partial charge on any atom is -0.507 e. The number of aromatic hydroxyl groups is 2. The van der Waals surface area contributed by atoms with Gasteiger partial charge in [-0.25, -0.2) is 0 Å². The van der Waals surface area contributed by atoms with Gasteiger partial charge in [-0.1, -0.05) is 6.92 Å². The minimum absolute atomic E-state index is 0.0102. The van der Waals surface area contributed by atoms with Crippen LogP contribution in [0.4, 0.5) is 0 Å². The van der Waals surface area contributed by atoms with Gasteiger partial charge in [-0.05, 0) is 50.8 Å². The van der Waals surface area contributed by atoms with E-state index in [0.29, 0.717) is 34.4 Å². The average molecular weight is 498 g/mol. The van der Waals surface area contributed by atoms with Crippen LogP contribution in [0.15, 0.2) is 6.07 Å². The number of phenolic OH excluding ortho intramolecular Hbond substituents is 2. The maximum atomic E-state index is 12.0. The van der Waals surface area contributed by atoms with Crippen LogP contribution in [0.2, 0.25) is 0 Å². The number of fused-ring (bicyclic) bond motifs is 9. The van der Waals surface area contributed by atoms with Crippen LogP contribution in [0.1, 0.15) is 54.5 Å². The number of epoxide rings is 1. The minimum atomic E-state index is -1.84. The van der Waals surface area contributed by atoms with E-state index in [4.69, 9.17) is 23.7 Å². The molecule has 2 aromatic rings. The smallest absolute Gasteiger partial charge is 0.274 e. The molecule has 6 aliphatic rings. The molecule has 0 amide bonds. The summed E-state index contributed by atoms with van der Waals surface area (Å²) in [4.78, 5) is 0. The van der Waals surface area contributed by atoms with Gasteiger partial charge in [0.15, 0.2) is 6.10 Å². The highest BCUT2D eigenvalue weighted by molar-refractivity contribution is 6.02. The number of hydrogen-bond donors (Lipinski definition) is 4. The van der Waals surface area contributed by atoms with E-state index in [1.54, 1.807) is 7.11 Å². The Balaban J connectivity index is 1.39. The Morgan fingerprint density at radius 3 is 2.69 bits per heavy atom. The molecule has 36 heavy (non-hydrogen) atoms. The van der Waals surface area contributed by atoms with Crippen molar-refractivity contribution in [2.24, 2.45) is 5.92 Å². The summed E-state index contributed by atoms with van der Waals surface area (Å²) in [6.07, 6.45) is -0.229. The van der Waals surface area contributed by atoms with E-state index in [0.717, 1.165) is 29.7 Å². The monoisotopic (exact) mass is 497 g/mol. The summed E-state index contributed by atoms with van der Waals surface area (Å²) >= 11 is 0. The molecule has 5 unspecified atom stereocenters. The first-order valence-electron chi connectivity index (χ1n) is 12.9. The van der Waals surface area contributed by atoms with Crippen LogP contribution in [-0.4, -0.2) is 71.0 Å². The number of phenols is 2. The Bertz CT molecular complexity index is 1360. The maximum Gasteiger partial charge on any atom is 0.274 e. The predicted octanol–water partition coefficient (Wildman–Crippen LogP) is 2.25. The Morgan fingerprint density at radius 1 is 1.19 bits per heavy atom. The molecule has 0 aromatic heterocycles. The second-order valence-corrected chi connectivity index (χ2v) is 11.5. The van der Waals surface area contributed by atoms with Crippen LogP contribution in [0.25, 0.3) is 10.8 Å². The van der Waals surface area contributed by atoms with Gasteiger partial charge < -0.3 is 44.3 Å². The molecule has 1 aliphatic carbocycles. The van der Waals surface area contributed by atoms with Gasteiger partial charge in [0.25, 0.3) is 5.79 Å². The summed E-state index contributed by atoms with van der Waals surface area (Å²) in [5.41, 5.74) is 1.84. The number of benzene rings is 2. The quantitative estimate of drug-likeness (QED) is 0.366. The lowest BCUT2D eigenvalue weighted by molar-refractivity contribution is -0.301. The number of methoxy groups -OCH3 is 1. The number of aryl methyl sites for hydroxylation is 1. The van der Waals surface area contributed by atoms with E-state index in [2.05, 4.69) is 12.2 Å². The van der Waals surface area contributed by atoms with Gasteiger partial charge in [0.1, 0.15) is 29.5 Å². The molecule has 0 saturated carbocycles. The molecule has 4 N–H and O–H groups in total. The fraction of sp³-hybridized carbons (Fsp3) is 0.630. The van der Waals surface area contributed by atoms with E-state index < -0.39 is 35.5 Å². The van der Waals surface area contributed by atoms with Gasteiger partial charge in [0.05, 0.1) is 12.0 Å². The van der Waals surface area contributed by atoms with Crippen LogP contribution >= 0.6 is 0 Å². The Kier molecular flexibility index (Phi) is 3.93. The summed E-state index contributed by atoms with van der Waals surface area (Å²) in [6.45, 7) is 6.97. The first-order chi connectivity index (χ1) is 17.2. The van der Waals surface area contributed by atoms with Crippen molar-refractivity contribution >= 4 is 10.8 Å². The molecule has 192 valence electrons. The Hall–Kier alpha value is -2.14. The van der Waals surface area contributed by atoms with E-state index >= 15 is 0 Å². The first kappa shape index (κ1) is 21.9. The molecule has 9 heteroatoms. The van der Waals surface area contributed by atoms with E-state index in [1.165, 1.54) is 0 Å². The molecular weight excluding hydrogens is 466 g/mol. The summed E-state index contributed by atoms with van der Waals surface area (Å²) in [5, 5.41) is 39.8. The van der Waals surface area contributed by atoms with Crippen LogP contribution in [0.5, 0.6) is 17.2 Å². The van der Waals surface area contributed by atoms with Crippen molar-refractivity contribution < 1.29 is 39.0 Å². The number of ether oxygens (including phenoxy) is 5. The SMILES string of the molecule is COC(C)C12OC3[C@H](O1)c1c(C)cc4c(O)c5c(c(O)c4c1OC3(O)C21CO1)[C@@H](C)[C@H]1NCC[C@H]1C5. The number of aliphatic hydroxyl groups is 1. The molecular formula is C27H31NO8. The lowest BCUT2D eigenvalue weighted by atomic mass is 9.72. The highest BCUT2D eigenvalue weighted by Gasteiger charge is 2.91. The van der Waals surface area contributed by atoms with Crippen molar-refractivity contribution in [2.45, 2.75) is 81.1 Å². The number of nitrogens with one attached hydrogen (secondary N) is 1. The fourth-order valence-corrected chi connectivity index (χ4v) is 8.13. The van der Waals surface area contributed by atoms with Crippen LogP contribution < -0.4 is 10.1 Å². The molecule has 4 fully saturated rings. The fourth-order valence-electron chi connectivity index (χ4n) is 8.13. The largest absolute Gasteiger partial charge is 0.507 e. The molecule has 9 nitrogen and oxygen atoms in total. The van der Waals surface area contributed by atoms with Gasteiger partial charge >= 0.3 is 0 Å². The standard InChI is InChI=1S/C27H31NO8/c1-10-7-14-18(21(30)17-11(2)19-13(5-6-28-19)8-15(17)20(14)29)22-16(10)23-24-26(31,34-22)25(9-33-25)27(35-23,36-24)12(3)32-4/h7,11-13,19,23-24,28-31H,5-6,8-9H2,1-4H3/t11-,12?,13+,19-,23-,24?,25?,26?,27?/m1/s1. The zero-order valence-corrected chi connectivity index (χ0v) is 20.8. The summed E-state index contributed by atoms with van der Waals surface area (Å²) in [6, 6.07) is 2.12. The van der Waals surface area contributed by atoms with Crippen molar-refractivity contribution in [3.63, 3.8) is 0 Å². The zero-order valence-electron chi connectivity index (χ0n) is 20.8. The van der Waals surface area contributed by atoms with Crippen molar-refractivity contribution in [1.82, 2.24) is 5.32 Å². The second-order valence-electron chi connectivity index (χ2n) is 11.5. The lowest BCUT2D eigenvalue weighted by Gasteiger charge is -2.47. The first-order valence-corrected chi connectivity index (χ1v) is 12.9. The average Bonchev–Trinajstić information content (AvgIpc) is 3.27. The highest BCUT2D eigenvalue weighted by Crippen LogP contribution is 2.71. The van der Waals surface area contributed by atoms with Crippen LogP contribution in [-0.2, 0) is 25.4 Å². The molecule has 5 aliphatic heterocycles. The lowest BCUT2D eigenvalue weighted by Crippen LogP contribution is -2.68. The van der Waals surface area contributed by atoms with Gasteiger partial charge in [0, 0.05) is 41.1 Å². The van der Waals surface area contributed by atoms with Gasteiger partial charge in [-0.2, -0.15) is 0 Å². The molecule has 1 spiro atoms. The molecule has 5 heterocycles. The third-order valence-electron chi connectivity index (χ3n) is 10.0. The van der Waals surface area contributed by atoms with Crippen molar-refractivity contribution in [2.75, 3.05) is 20.3 Å². The molecule has 2 aromatic carbocycles. The van der Waals surface area contributed by atoms with Crippen molar-refractivity contribution in [3.05, 3.63) is 28.3 Å².